The summed E-state index contributed by atoms with van der Waals surface area (Å²) in [5, 5.41) is 4.25. The second kappa shape index (κ2) is 6.37. The Kier molecular flexibility index (Phi) is 4.80. The number of ether oxygens (including phenoxy) is 1. The predicted molar refractivity (Wildman–Crippen MR) is 77.8 cm³/mol. The Morgan fingerprint density at radius 3 is 2.95 bits per heavy atom. The number of esters is 1. The van der Waals surface area contributed by atoms with Gasteiger partial charge in [-0.15, -0.1) is 0 Å². The highest BCUT2D eigenvalue weighted by molar-refractivity contribution is 7.10. The highest BCUT2D eigenvalue weighted by Crippen LogP contribution is 2.32. The van der Waals surface area contributed by atoms with Crippen LogP contribution in [0.2, 0.25) is 0 Å². The van der Waals surface area contributed by atoms with Crippen LogP contribution in [0.1, 0.15) is 49.2 Å². The smallest absolute Gasteiger partial charge is 0.343 e. The minimum absolute atomic E-state index is 0.268. The normalized spacial score (nSPS) is 22.5. The first-order valence-electron chi connectivity index (χ1n) is 6.99. The molecule has 1 aliphatic carbocycles. The van der Waals surface area contributed by atoms with Gasteiger partial charge in [0.15, 0.2) is 0 Å². The number of nitrogens with one attached hydrogen (secondary N) is 1. The Labute approximate surface area is 118 Å². The molecule has 0 aromatic carbocycles. The fourth-order valence-corrected chi connectivity index (χ4v) is 3.47. The molecule has 2 atom stereocenters. The summed E-state index contributed by atoms with van der Waals surface area (Å²) in [6, 6.07) is 0. The summed E-state index contributed by atoms with van der Waals surface area (Å²) < 4.78 is 9.34. The van der Waals surface area contributed by atoms with Crippen molar-refractivity contribution in [2.45, 2.75) is 40.0 Å². The number of carbonyl (C=O) groups is 1. The monoisotopic (exact) mass is 282 g/mol. The van der Waals surface area contributed by atoms with Gasteiger partial charge in [0.2, 0.25) is 0 Å². The third-order valence-corrected chi connectivity index (χ3v) is 4.59. The van der Waals surface area contributed by atoms with Crippen LogP contribution in [-0.4, -0.2) is 23.5 Å². The van der Waals surface area contributed by atoms with Crippen molar-refractivity contribution in [3.8, 4) is 0 Å². The molecule has 1 aliphatic rings. The molecule has 2 unspecified atom stereocenters. The van der Waals surface area contributed by atoms with E-state index in [0.717, 1.165) is 23.2 Å². The minimum atomic E-state index is -0.268. The van der Waals surface area contributed by atoms with Gasteiger partial charge in [0.1, 0.15) is 10.6 Å². The molecule has 1 saturated carbocycles. The maximum absolute atomic E-state index is 11.9. The van der Waals surface area contributed by atoms with Crippen molar-refractivity contribution in [2.75, 3.05) is 18.5 Å². The first-order valence-corrected chi connectivity index (χ1v) is 7.76. The summed E-state index contributed by atoms with van der Waals surface area (Å²) in [6.45, 7) is 7.30. The van der Waals surface area contributed by atoms with E-state index in [1.807, 2.05) is 13.8 Å². The maximum atomic E-state index is 11.9. The zero-order chi connectivity index (χ0) is 13.8. The molecule has 0 bridgehead atoms. The Hall–Kier alpha value is -1.10. The third-order valence-electron chi connectivity index (χ3n) is 3.70. The predicted octanol–water partition coefficient (Wildman–Crippen LogP) is 3.48. The molecule has 0 aliphatic heterocycles. The average molecular weight is 282 g/mol. The summed E-state index contributed by atoms with van der Waals surface area (Å²) in [7, 11) is 0. The molecular formula is C14H22N2O2S. The zero-order valence-electron chi connectivity index (χ0n) is 11.9. The van der Waals surface area contributed by atoms with E-state index >= 15 is 0 Å². The number of aromatic nitrogens is 1. The molecule has 0 spiro atoms. The van der Waals surface area contributed by atoms with Gasteiger partial charge >= 0.3 is 5.97 Å². The summed E-state index contributed by atoms with van der Waals surface area (Å²) in [4.78, 5) is 11.9. The molecule has 1 N–H and O–H groups in total. The number of hydrogen-bond acceptors (Lipinski definition) is 5. The average Bonchev–Trinajstić information content (AvgIpc) is 2.93. The second-order valence-corrected chi connectivity index (χ2v) is 6.13. The van der Waals surface area contributed by atoms with Crippen LogP contribution in [0.3, 0.4) is 0 Å². The number of aryl methyl sites for hydroxylation is 1. The molecule has 1 fully saturated rings. The highest BCUT2D eigenvalue weighted by atomic mass is 32.1. The van der Waals surface area contributed by atoms with Crippen LogP contribution in [0.25, 0.3) is 0 Å². The van der Waals surface area contributed by atoms with Gasteiger partial charge < -0.3 is 10.1 Å². The lowest BCUT2D eigenvalue weighted by atomic mass is 10.1. The topological polar surface area (TPSA) is 51.2 Å². The Morgan fingerprint density at radius 2 is 2.32 bits per heavy atom. The van der Waals surface area contributed by atoms with Crippen LogP contribution in [0.4, 0.5) is 5.00 Å². The lowest BCUT2D eigenvalue weighted by Gasteiger charge is -2.12. The zero-order valence-corrected chi connectivity index (χ0v) is 12.7. The van der Waals surface area contributed by atoms with E-state index in [-0.39, 0.29) is 5.97 Å². The van der Waals surface area contributed by atoms with Gasteiger partial charge in [0.05, 0.1) is 12.3 Å². The van der Waals surface area contributed by atoms with Gasteiger partial charge in [0.25, 0.3) is 0 Å². The molecular weight excluding hydrogens is 260 g/mol. The van der Waals surface area contributed by atoms with Gasteiger partial charge in [-0.2, -0.15) is 4.37 Å². The molecule has 0 radical (unpaired) electrons. The van der Waals surface area contributed by atoms with Crippen molar-refractivity contribution < 1.29 is 9.53 Å². The number of hydrogen-bond donors (Lipinski definition) is 1. The highest BCUT2D eigenvalue weighted by Gasteiger charge is 2.23. The van der Waals surface area contributed by atoms with E-state index in [4.69, 9.17) is 4.74 Å². The van der Waals surface area contributed by atoms with Crippen LogP contribution in [0.5, 0.6) is 0 Å². The van der Waals surface area contributed by atoms with Crippen LogP contribution in [0.15, 0.2) is 0 Å². The molecule has 1 aromatic rings. The maximum Gasteiger partial charge on any atom is 0.343 e. The summed E-state index contributed by atoms with van der Waals surface area (Å²) in [5.41, 5.74) is 1.36. The first-order chi connectivity index (χ1) is 9.11. The van der Waals surface area contributed by atoms with E-state index in [1.165, 1.54) is 30.8 Å². The minimum Gasteiger partial charge on any atom is -0.462 e. The molecule has 106 valence electrons. The van der Waals surface area contributed by atoms with Gasteiger partial charge in [-0.25, -0.2) is 4.79 Å². The Balaban J connectivity index is 1.98. The molecule has 0 amide bonds. The number of carbonyl (C=O) groups excluding carboxylic acids is 1. The molecule has 1 aromatic heterocycles. The third kappa shape index (κ3) is 3.47. The molecule has 4 nitrogen and oxygen atoms in total. The summed E-state index contributed by atoms with van der Waals surface area (Å²) in [6.07, 6.45) is 3.87. The van der Waals surface area contributed by atoms with Gasteiger partial charge in [-0.05, 0) is 50.1 Å². The second-order valence-electron chi connectivity index (χ2n) is 5.36. The van der Waals surface area contributed by atoms with Crippen LogP contribution in [-0.2, 0) is 4.74 Å². The molecule has 0 saturated heterocycles. The Bertz CT molecular complexity index is 445. The van der Waals surface area contributed by atoms with Crippen molar-refractivity contribution >= 4 is 22.5 Å². The fraction of sp³-hybridized carbons (Fsp3) is 0.714. The SMILES string of the molecule is CCOC(=O)c1c(C)nsc1NCC1CCC(C)C1. The van der Waals surface area contributed by atoms with Crippen LogP contribution < -0.4 is 5.32 Å². The standard InChI is InChI=1S/C14H22N2O2S/c1-4-18-14(17)12-10(3)16-19-13(12)15-8-11-6-5-9(2)7-11/h9,11,15H,4-8H2,1-3H3. The quantitative estimate of drug-likeness (QED) is 0.840. The Morgan fingerprint density at radius 1 is 1.53 bits per heavy atom. The summed E-state index contributed by atoms with van der Waals surface area (Å²) in [5.74, 6) is 1.28. The molecule has 5 heteroatoms. The van der Waals surface area contributed by atoms with Gasteiger partial charge in [-0.1, -0.05) is 13.3 Å². The van der Waals surface area contributed by atoms with Crippen molar-refractivity contribution in [3.05, 3.63) is 11.3 Å². The molecule has 1 heterocycles. The largest absolute Gasteiger partial charge is 0.462 e. The molecule has 2 rings (SSSR count). The van der Waals surface area contributed by atoms with Crippen molar-refractivity contribution in [1.29, 1.82) is 0 Å². The summed E-state index contributed by atoms with van der Waals surface area (Å²) >= 11 is 1.35. The lowest BCUT2D eigenvalue weighted by Crippen LogP contribution is -2.14. The first kappa shape index (κ1) is 14.3. The van der Waals surface area contributed by atoms with Crippen molar-refractivity contribution in [2.24, 2.45) is 11.8 Å². The van der Waals surface area contributed by atoms with Crippen LogP contribution in [0, 0.1) is 18.8 Å². The fourth-order valence-electron chi connectivity index (χ4n) is 2.68. The number of anilines is 1. The van der Waals surface area contributed by atoms with Gasteiger partial charge in [-0.3, -0.25) is 0 Å². The van der Waals surface area contributed by atoms with Crippen molar-refractivity contribution in [3.63, 3.8) is 0 Å². The van der Waals surface area contributed by atoms with E-state index in [0.29, 0.717) is 18.1 Å². The van der Waals surface area contributed by atoms with E-state index in [9.17, 15) is 4.79 Å². The number of nitrogens with zero attached hydrogens (tertiary/aromatic N) is 1. The van der Waals surface area contributed by atoms with E-state index in [1.54, 1.807) is 0 Å². The number of rotatable bonds is 5. The van der Waals surface area contributed by atoms with Crippen LogP contribution >= 0.6 is 11.5 Å². The van der Waals surface area contributed by atoms with E-state index < -0.39 is 0 Å². The van der Waals surface area contributed by atoms with Crippen molar-refractivity contribution in [1.82, 2.24) is 4.37 Å². The lowest BCUT2D eigenvalue weighted by molar-refractivity contribution is 0.0527. The molecule has 19 heavy (non-hydrogen) atoms. The van der Waals surface area contributed by atoms with Gasteiger partial charge in [0, 0.05) is 6.54 Å². The van der Waals surface area contributed by atoms with E-state index in [2.05, 4.69) is 16.6 Å².